The quantitative estimate of drug-likeness (QED) is 0.569. The van der Waals surface area contributed by atoms with E-state index < -0.39 is 5.91 Å². The SMILES string of the molecule is C#CCCCc1ccc(C(N)=O)cn1. The molecule has 2 N–H and O–H groups in total. The highest BCUT2D eigenvalue weighted by Gasteiger charge is 2.00. The summed E-state index contributed by atoms with van der Waals surface area (Å²) < 4.78 is 0. The predicted molar refractivity (Wildman–Crippen MR) is 54.5 cm³/mol. The molecule has 0 unspecified atom stereocenters. The molecule has 0 atom stereocenters. The van der Waals surface area contributed by atoms with E-state index in [1.807, 2.05) is 0 Å². The second-order valence-electron chi connectivity index (χ2n) is 2.96. The fourth-order valence-electron chi connectivity index (χ4n) is 1.09. The highest BCUT2D eigenvalue weighted by Crippen LogP contribution is 2.03. The third kappa shape index (κ3) is 2.91. The van der Waals surface area contributed by atoms with E-state index in [2.05, 4.69) is 10.9 Å². The summed E-state index contributed by atoms with van der Waals surface area (Å²) in [5.41, 5.74) is 6.45. The predicted octanol–water partition coefficient (Wildman–Crippen LogP) is 1.14. The fourth-order valence-corrected chi connectivity index (χ4v) is 1.09. The molecule has 3 nitrogen and oxygen atoms in total. The van der Waals surface area contributed by atoms with E-state index in [0.717, 1.165) is 25.0 Å². The van der Waals surface area contributed by atoms with Crippen LogP contribution in [0, 0.1) is 12.3 Å². The van der Waals surface area contributed by atoms with Crippen molar-refractivity contribution in [1.82, 2.24) is 4.98 Å². The Labute approximate surface area is 83.3 Å². The van der Waals surface area contributed by atoms with Crippen molar-refractivity contribution < 1.29 is 4.79 Å². The summed E-state index contributed by atoms with van der Waals surface area (Å²) in [4.78, 5) is 14.8. The van der Waals surface area contributed by atoms with E-state index >= 15 is 0 Å². The molecule has 0 aromatic carbocycles. The van der Waals surface area contributed by atoms with E-state index in [1.165, 1.54) is 6.20 Å². The first-order valence-electron chi connectivity index (χ1n) is 4.42. The van der Waals surface area contributed by atoms with Gasteiger partial charge in [0.2, 0.25) is 5.91 Å². The summed E-state index contributed by atoms with van der Waals surface area (Å²) in [7, 11) is 0. The van der Waals surface area contributed by atoms with Gasteiger partial charge in [-0.25, -0.2) is 0 Å². The zero-order valence-electron chi connectivity index (χ0n) is 7.86. The average Bonchev–Trinajstić information content (AvgIpc) is 2.19. The Kier molecular flexibility index (Phi) is 3.69. The molecule has 0 saturated heterocycles. The number of aromatic nitrogens is 1. The van der Waals surface area contributed by atoms with Gasteiger partial charge in [0.15, 0.2) is 0 Å². The molecule has 0 aliphatic rings. The summed E-state index contributed by atoms with van der Waals surface area (Å²) >= 11 is 0. The van der Waals surface area contributed by atoms with Gasteiger partial charge in [0.25, 0.3) is 0 Å². The number of nitrogens with two attached hydrogens (primary N) is 1. The van der Waals surface area contributed by atoms with Crippen molar-refractivity contribution in [2.24, 2.45) is 5.73 Å². The highest BCUT2D eigenvalue weighted by atomic mass is 16.1. The third-order valence-electron chi connectivity index (χ3n) is 1.86. The zero-order chi connectivity index (χ0) is 10.4. The van der Waals surface area contributed by atoms with Crippen LogP contribution in [0.2, 0.25) is 0 Å². The summed E-state index contributed by atoms with van der Waals surface area (Å²) in [5.74, 6) is 2.11. The second-order valence-corrected chi connectivity index (χ2v) is 2.96. The average molecular weight is 188 g/mol. The maximum Gasteiger partial charge on any atom is 0.250 e. The van der Waals surface area contributed by atoms with Gasteiger partial charge in [-0.15, -0.1) is 12.3 Å². The standard InChI is InChI=1S/C11H12N2O/c1-2-3-4-5-10-7-6-9(8-13-10)11(12)14/h1,6-8H,3-5H2,(H2,12,14). The number of carbonyl (C=O) groups excluding carboxylic acids is 1. The Bertz CT molecular complexity index is 349. The van der Waals surface area contributed by atoms with Gasteiger partial charge in [-0.05, 0) is 25.0 Å². The van der Waals surface area contributed by atoms with Gasteiger partial charge in [0.05, 0.1) is 5.56 Å². The summed E-state index contributed by atoms with van der Waals surface area (Å²) in [6.07, 6.45) is 9.12. The topological polar surface area (TPSA) is 56.0 Å². The summed E-state index contributed by atoms with van der Waals surface area (Å²) in [6.45, 7) is 0. The van der Waals surface area contributed by atoms with Crippen LogP contribution in [-0.2, 0) is 6.42 Å². The maximum absolute atomic E-state index is 10.7. The van der Waals surface area contributed by atoms with E-state index in [1.54, 1.807) is 12.1 Å². The molecule has 0 aliphatic heterocycles. The zero-order valence-corrected chi connectivity index (χ0v) is 7.86. The van der Waals surface area contributed by atoms with Crippen LogP contribution in [0.4, 0.5) is 0 Å². The second kappa shape index (κ2) is 5.03. The Hall–Kier alpha value is -1.82. The van der Waals surface area contributed by atoms with Gasteiger partial charge in [0.1, 0.15) is 0 Å². The lowest BCUT2D eigenvalue weighted by Gasteiger charge is -1.99. The molecule has 1 amide bonds. The van der Waals surface area contributed by atoms with Crippen LogP contribution in [0.1, 0.15) is 28.9 Å². The molecule has 0 bridgehead atoms. The van der Waals surface area contributed by atoms with Gasteiger partial charge in [0, 0.05) is 18.3 Å². The molecule has 14 heavy (non-hydrogen) atoms. The normalized spacial score (nSPS) is 9.36. The van der Waals surface area contributed by atoms with Crippen molar-refractivity contribution in [3.63, 3.8) is 0 Å². The number of rotatable bonds is 4. The number of hydrogen-bond acceptors (Lipinski definition) is 2. The number of amides is 1. The molecule has 0 saturated carbocycles. The molecule has 0 fully saturated rings. The minimum atomic E-state index is -0.451. The van der Waals surface area contributed by atoms with Crippen LogP contribution in [0.5, 0.6) is 0 Å². The number of aryl methyl sites for hydroxylation is 1. The van der Waals surface area contributed by atoms with Crippen molar-refractivity contribution in [2.45, 2.75) is 19.3 Å². The van der Waals surface area contributed by atoms with Crippen LogP contribution in [0.15, 0.2) is 18.3 Å². The summed E-state index contributed by atoms with van der Waals surface area (Å²) in [6, 6.07) is 3.48. The van der Waals surface area contributed by atoms with E-state index in [9.17, 15) is 4.79 Å². The van der Waals surface area contributed by atoms with Crippen molar-refractivity contribution in [3.8, 4) is 12.3 Å². The lowest BCUT2D eigenvalue weighted by atomic mass is 10.1. The smallest absolute Gasteiger partial charge is 0.250 e. The van der Waals surface area contributed by atoms with Gasteiger partial charge in [-0.3, -0.25) is 9.78 Å². The number of hydrogen-bond donors (Lipinski definition) is 1. The highest BCUT2D eigenvalue weighted by molar-refractivity contribution is 5.92. The first-order chi connectivity index (χ1) is 6.74. The summed E-state index contributed by atoms with van der Waals surface area (Å²) in [5, 5.41) is 0. The molecule has 3 heteroatoms. The Balaban J connectivity index is 2.56. The lowest BCUT2D eigenvalue weighted by Crippen LogP contribution is -2.11. The van der Waals surface area contributed by atoms with Crippen molar-refractivity contribution >= 4 is 5.91 Å². The molecule has 72 valence electrons. The monoisotopic (exact) mass is 188 g/mol. The van der Waals surface area contributed by atoms with Crippen molar-refractivity contribution in [1.29, 1.82) is 0 Å². The molecule has 1 heterocycles. The van der Waals surface area contributed by atoms with Crippen molar-refractivity contribution in [3.05, 3.63) is 29.6 Å². The number of primary amides is 1. The molecule has 1 aromatic heterocycles. The largest absolute Gasteiger partial charge is 0.366 e. The molecular weight excluding hydrogens is 176 g/mol. The molecule has 1 aromatic rings. The fraction of sp³-hybridized carbons (Fsp3) is 0.273. The maximum atomic E-state index is 10.7. The van der Waals surface area contributed by atoms with Crippen LogP contribution in [0.25, 0.3) is 0 Å². The van der Waals surface area contributed by atoms with E-state index in [0.29, 0.717) is 5.56 Å². The number of pyridine rings is 1. The van der Waals surface area contributed by atoms with E-state index in [-0.39, 0.29) is 0 Å². The minimum absolute atomic E-state index is 0.436. The number of unbranched alkanes of at least 4 members (excludes halogenated alkanes) is 1. The molecule has 0 radical (unpaired) electrons. The molecular formula is C11H12N2O. The van der Waals surface area contributed by atoms with E-state index in [4.69, 9.17) is 12.2 Å². The van der Waals surface area contributed by atoms with Gasteiger partial charge < -0.3 is 5.73 Å². The van der Waals surface area contributed by atoms with Gasteiger partial charge >= 0.3 is 0 Å². The Morgan fingerprint density at radius 3 is 2.86 bits per heavy atom. The number of carbonyl (C=O) groups is 1. The molecule has 1 rings (SSSR count). The van der Waals surface area contributed by atoms with Crippen LogP contribution >= 0.6 is 0 Å². The van der Waals surface area contributed by atoms with Gasteiger partial charge in [-0.2, -0.15) is 0 Å². The minimum Gasteiger partial charge on any atom is -0.366 e. The first-order valence-corrected chi connectivity index (χ1v) is 4.42. The molecule has 0 spiro atoms. The Morgan fingerprint density at radius 2 is 2.36 bits per heavy atom. The first kappa shape index (κ1) is 10.3. The number of terminal acetylenes is 1. The number of nitrogens with zero attached hydrogens (tertiary/aromatic N) is 1. The Morgan fingerprint density at radius 1 is 1.57 bits per heavy atom. The van der Waals surface area contributed by atoms with Crippen LogP contribution in [-0.4, -0.2) is 10.9 Å². The van der Waals surface area contributed by atoms with Crippen LogP contribution < -0.4 is 5.73 Å². The lowest BCUT2D eigenvalue weighted by molar-refractivity contribution is 0.1000. The van der Waals surface area contributed by atoms with Crippen LogP contribution in [0.3, 0.4) is 0 Å². The van der Waals surface area contributed by atoms with Gasteiger partial charge in [-0.1, -0.05) is 0 Å². The third-order valence-corrected chi connectivity index (χ3v) is 1.86. The molecule has 0 aliphatic carbocycles. The van der Waals surface area contributed by atoms with Crippen molar-refractivity contribution in [2.75, 3.05) is 0 Å².